The maximum atomic E-state index is 6.31. The lowest BCUT2D eigenvalue weighted by Gasteiger charge is -2.07. The third kappa shape index (κ3) is 4.10. The number of benzene rings is 4. The standard InChI is InChI=1S/C32H23N3O/c1-2-3-6-18-29-33-31(23-14-9-5-10-15-23)35-32(34-29)24-19-20-26-28(21-24)36-27-17-11-16-25(30(26)27)22-12-7-4-8-13-22/h2-17,19-21H,1,18H2/b6-3-. The van der Waals surface area contributed by atoms with Crippen molar-refractivity contribution in [2.24, 2.45) is 0 Å². The molecule has 0 aliphatic heterocycles. The Labute approximate surface area is 209 Å². The van der Waals surface area contributed by atoms with Crippen LogP contribution in [0.25, 0.3) is 55.8 Å². The predicted octanol–water partition coefficient (Wildman–Crippen LogP) is 8.06. The highest BCUT2D eigenvalue weighted by Gasteiger charge is 2.15. The summed E-state index contributed by atoms with van der Waals surface area (Å²) in [6, 6.07) is 32.8. The summed E-state index contributed by atoms with van der Waals surface area (Å²) in [7, 11) is 0. The van der Waals surface area contributed by atoms with Crippen molar-refractivity contribution in [1.29, 1.82) is 0 Å². The molecule has 0 spiro atoms. The van der Waals surface area contributed by atoms with Crippen molar-refractivity contribution in [3.63, 3.8) is 0 Å². The highest BCUT2D eigenvalue weighted by Crippen LogP contribution is 2.37. The molecule has 0 aliphatic carbocycles. The van der Waals surface area contributed by atoms with Crippen LogP contribution >= 0.6 is 0 Å². The summed E-state index contributed by atoms with van der Waals surface area (Å²) in [5.74, 6) is 1.98. The van der Waals surface area contributed by atoms with E-state index in [-0.39, 0.29) is 0 Å². The zero-order valence-electron chi connectivity index (χ0n) is 19.6. The number of rotatable bonds is 6. The van der Waals surface area contributed by atoms with E-state index in [2.05, 4.69) is 49.0 Å². The van der Waals surface area contributed by atoms with Crippen molar-refractivity contribution < 1.29 is 4.42 Å². The van der Waals surface area contributed by atoms with Gasteiger partial charge < -0.3 is 4.42 Å². The molecule has 0 aliphatic rings. The van der Waals surface area contributed by atoms with Crippen LogP contribution in [0.4, 0.5) is 0 Å². The first kappa shape index (κ1) is 21.7. The molecule has 4 aromatic carbocycles. The van der Waals surface area contributed by atoms with Gasteiger partial charge in [-0.15, -0.1) is 0 Å². The molecular formula is C32H23N3O. The molecule has 0 saturated heterocycles. The third-order valence-electron chi connectivity index (χ3n) is 6.13. The average Bonchev–Trinajstić information content (AvgIpc) is 3.32. The van der Waals surface area contributed by atoms with Gasteiger partial charge in [0.2, 0.25) is 0 Å². The molecule has 0 radical (unpaired) electrons. The number of allylic oxidation sites excluding steroid dienone is 3. The minimum Gasteiger partial charge on any atom is -0.456 e. The molecule has 0 bridgehead atoms. The Bertz CT molecular complexity index is 1720. The van der Waals surface area contributed by atoms with Crippen molar-refractivity contribution in [2.75, 3.05) is 0 Å². The van der Waals surface area contributed by atoms with Crippen LogP contribution < -0.4 is 0 Å². The molecular weight excluding hydrogens is 442 g/mol. The van der Waals surface area contributed by atoms with E-state index in [0.717, 1.165) is 44.2 Å². The minimum atomic E-state index is 0.592. The molecule has 6 aromatic rings. The molecule has 36 heavy (non-hydrogen) atoms. The second-order valence-corrected chi connectivity index (χ2v) is 8.49. The highest BCUT2D eigenvalue weighted by molar-refractivity contribution is 6.12. The number of furan rings is 1. The van der Waals surface area contributed by atoms with E-state index in [4.69, 9.17) is 19.4 Å². The van der Waals surface area contributed by atoms with Crippen molar-refractivity contribution in [2.45, 2.75) is 6.42 Å². The Morgan fingerprint density at radius 1 is 0.667 bits per heavy atom. The zero-order valence-corrected chi connectivity index (χ0v) is 19.6. The molecule has 0 fully saturated rings. The van der Waals surface area contributed by atoms with Gasteiger partial charge in [-0.3, -0.25) is 0 Å². The SMILES string of the molecule is C=C/C=C\Cc1nc(-c2ccccc2)nc(-c2ccc3c(c2)oc2cccc(-c4ccccc4)c23)n1. The van der Waals surface area contributed by atoms with E-state index >= 15 is 0 Å². The van der Waals surface area contributed by atoms with E-state index in [1.165, 1.54) is 0 Å². The predicted molar refractivity (Wildman–Crippen MR) is 146 cm³/mol. The van der Waals surface area contributed by atoms with Gasteiger partial charge in [-0.2, -0.15) is 0 Å². The van der Waals surface area contributed by atoms with Gasteiger partial charge in [-0.05, 0) is 29.3 Å². The fraction of sp³-hybridized carbons (Fsp3) is 0.0312. The van der Waals surface area contributed by atoms with Crippen LogP contribution in [0.2, 0.25) is 0 Å². The number of fused-ring (bicyclic) bond motifs is 3. The molecule has 4 heteroatoms. The fourth-order valence-corrected chi connectivity index (χ4v) is 4.45. The second-order valence-electron chi connectivity index (χ2n) is 8.49. The highest BCUT2D eigenvalue weighted by atomic mass is 16.3. The van der Waals surface area contributed by atoms with Crippen molar-refractivity contribution in [3.8, 4) is 33.9 Å². The van der Waals surface area contributed by atoms with Gasteiger partial charge in [0.25, 0.3) is 0 Å². The number of aromatic nitrogens is 3. The first-order chi connectivity index (χ1) is 17.8. The van der Waals surface area contributed by atoms with E-state index in [9.17, 15) is 0 Å². The van der Waals surface area contributed by atoms with E-state index in [1.807, 2.05) is 66.7 Å². The zero-order chi connectivity index (χ0) is 24.3. The van der Waals surface area contributed by atoms with E-state index in [0.29, 0.717) is 23.9 Å². The summed E-state index contributed by atoms with van der Waals surface area (Å²) in [4.78, 5) is 14.3. The molecule has 0 atom stereocenters. The van der Waals surface area contributed by atoms with Crippen LogP contribution in [0.5, 0.6) is 0 Å². The molecule has 0 N–H and O–H groups in total. The van der Waals surface area contributed by atoms with Gasteiger partial charge in [0, 0.05) is 28.3 Å². The third-order valence-corrected chi connectivity index (χ3v) is 6.13. The van der Waals surface area contributed by atoms with Crippen LogP contribution in [0.3, 0.4) is 0 Å². The smallest absolute Gasteiger partial charge is 0.163 e. The second kappa shape index (κ2) is 9.43. The van der Waals surface area contributed by atoms with Gasteiger partial charge in [-0.25, -0.2) is 15.0 Å². The quantitative estimate of drug-likeness (QED) is 0.233. The monoisotopic (exact) mass is 465 g/mol. The van der Waals surface area contributed by atoms with Gasteiger partial charge in [0.1, 0.15) is 17.0 Å². The Balaban J connectivity index is 1.49. The summed E-state index contributed by atoms with van der Waals surface area (Å²) in [5.41, 5.74) is 5.82. The molecule has 172 valence electrons. The summed E-state index contributed by atoms with van der Waals surface area (Å²) in [6.07, 6.45) is 6.24. The van der Waals surface area contributed by atoms with Crippen LogP contribution in [0.15, 0.2) is 126 Å². The first-order valence-corrected chi connectivity index (χ1v) is 11.9. The molecule has 4 nitrogen and oxygen atoms in total. The molecule has 2 heterocycles. The average molecular weight is 466 g/mol. The van der Waals surface area contributed by atoms with Crippen LogP contribution in [0, 0.1) is 0 Å². The Kier molecular flexibility index (Phi) is 5.68. The summed E-state index contributed by atoms with van der Waals surface area (Å²) < 4.78 is 6.31. The maximum absolute atomic E-state index is 6.31. The van der Waals surface area contributed by atoms with Crippen LogP contribution in [-0.4, -0.2) is 15.0 Å². The largest absolute Gasteiger partial charge is 0.456 e. The van der Waals surface area contributed by atoms with Gasteiger partial charge >= 0.3 is 0 Å². The van der Waals surface area contributed by atoms with Crippen molar-refractivity contribution in [1.82, 2.24) is 15.0 Å². The summed E-state index contributed by atoms with van der Waals surface area (Å²) in [6.45, 7) is 3.74. The van der Waals surface area contributed by atoms with Crippen molar-refractivity contribution >= 4 is 21.9 Å². The van der Waals surface area contributed by atoms with Crippen LogP contribution in [-0.2, 0) is 6.42 Å². The number of nitrogens with zero attached hydrogens (tertiary/aromatic N) is 3. The molecule has 2 aromatic heterocycles. The topological polar surface area (TPSA) is 51.8 Å². The summed E-state index contributed by atoms with van der Waals surface area (Å²) >= 11 is 0. The minimum absolute atomic E-state index is 0.592. The molecule has 0 unspecified atom stereocenters. The lowest BCUT2D eigenvalue weighted by Crippen LogP contribution is -2.02. The fourth-order valence-electron chi connectivity index (χ4n) is 4.45. The molecule has 0 saturated carbocycles. The normalized spacial score (nSPS) is 11.4. The van der Waals surface area contributed by atoms with Crippen molar-refractivity contribution in [3.05, 3.63) is 128 Å². The Hall–Kier alpha value is -4.83. The van der Waals surface area contributed by atoms with E-state index < -0.39 is 0 Å². The van der Waals surface area contributed by atoms with Gasteiger partial charge in [0.15, 0.2) is 11.6 Å². The maximum Gasteiger partial charge on any atom is 0.163 e. The van der Waals surface area contributed by atoms with Gasteiger partial charge in [0.05, 0.1) is 0 Å². The molecule has 0 amide bonds. The van der Waals surface area contributed by atoms with E-state index in [1.54, 1.807) is 6.08 Å². The Morgan fingerprint density at radius 3 is 2.14 bits per heavy atom. The Morgan fingerprint density at radius 2 is 1.39 bits per heavy atom. The van der Waals surface area contributed by atoms with Crippen LogP contribution in [0.1, 0.15) is 5.82 Å². The summed E-state index contributed by atoms with van der Waals surface area (Å²) in [5, 5.41) is 2.18. The first-order valence-electron chi connectivity index (χ1n) is 11.9. The lowest BCUT2D eigenvalue weighted by molar-refractivity contribution is 0.669. The van der Waals surface area contributed by atoms with Gasteiger partial charge in [-0.1, -0.05) is 104 Å². The number of hydrogen-bond acceptors (Lipinski definition) is 4. The number of hydrogen-bond donors (Lipinski definition) is 0. The lowest BCUT2D eigenvalue weighted by atomic mass is 9.99. The molecule has 6 rings (SSSR count).